The number of aliphatic hydroxyl groups excluding tert-OH is 1. The largest absolute Gasteiger partial charge is 0.444 e. The molecule has 2 aliphatic rings. The number of nitrogens with zero attached hydrogens (tertiary/aromatic N) is 2. The molecule has 34 heavy (non-hydrogen) atoms. The minimum absolute atomic E-state index is 0.0657. The molecule has 1 amide bonds. The number of sulfonamides is 1. The van der Waals surface area contributed by atoms with E-state index in [-0.39, 0.29) is 18.7 Å². The lowest BCUT2D eigenvalue weighted by Crippen LogP contribution is -2.53. The first-order valence-electron chi connectivity index (χ1n) is 12.0. The standard InChI is InChI=1S/C24H40N2O6SSi/c1-24(2,3)32-23(28)25-13-11-18(12-14-25)22-21(27)19-9-7-8-10-20(19)26(33(22,29)30)17-31-15-16-34(4,5)6/h7-10,18,21-22,27H,11-17H2,1-6H3/q-1. The Kier molecular flexibility index (Phi) is 8.06. The molecule has 1 aromatic carbocycles. The van der Waals surface area contributed by atoms with E-state index < -0.39 is 35.1 Å². The van der Waals surface area contributed by atoms with Gasteiger partial charge in [0.2, 0.25) is 10.0 Å². The highest BCUT2D eigenvalue weighted by atomic mass is 32.2. The van der Waals surface area contributed by atoms with Gasteiger partial charge in [-0.1, -0.05) is 18.2 Å². The maximum absolute atomic E-state index is 13.8. The monoisotopic (exact) mass is 512 g/mol. The van der Waals surface area contributed by atoms with Gasteiger partial charge in [-0.3, -0.25) is 0 Å². The third kappa shape index (κ3) is 6.33. The van der Waals surface area contributed by atoms with Crippen LogP contribution in [0.2, 0.25) is 25.7 Å². The molecule has 0 aromatic heterocycles. The maximum atomic E-state index is 13.8. The highest BCUT2D eigenvalue weighted by molar-refractivity contribution is 7.93. The number of likely N-dealkylation sites (tertiary alicyclic amines) is 1. The zero-order chi connectivity index (χ0) is 25.3. The summed E-state index contributed by atoms with van der Waals surface area (Å²) in [7, 11) is -5.18. The third-order valence-electron chi connectivity index (χ3n) is 6.35. The number of hydrogen-bond acceptors (Lipinski definition) is 6. The fraction of sp³-hybridized carbons (Fsp3) is 0.708. The molecule has 10 heteroatoms. The summed E-state index contributed by atoms with van der Waals surface area (Å²) in [5, 5.41) is 10.2. The van der Waals surface area contributed by atoms with Crippen LogP contribution in [0.25, 0.3) is 0 Å². The van der Waals surface area contributed by atoms with Gasteiger partial charge in [-0.2, -0.15) is 19.6 Å². The first kappa shape index (κ1) is 27.0. The second kappa shape index (κ2) is 10.2. The van der Waals surface area contributed by atoms with Crippen LogP contribution in [-0.4, -0.2) is 69.9 Å². The quantitative estimate of drug-likeness (QED) is 0.453. The zero-order valence-electron chi connectivity index (χ0n) is 21.3. The van der Waals surface area contributed by atoms with Crippen molar-refractivity contribution in [3.05, 3.63) is 29.8 Å². The van der Waals surface area contributed by atoms with Crippen molar-refractivity contribution < 1.29 is 27.8 Å². The number of amides is 1. The van der Waals surface area contributed by atoms with E-state index >= 15 is 0 Å². The summed E-state index contributed by atoms with van der Waals surface area (Å²) in [6.07, 6.45) is -0.558. The van der Waals surface area contributed by atoms with E-state index in [9.17, 15) is 18.3 Å². The molecule has 0 saturated carbocycles. The van der Waals surface area contributed by atoms with Gasteiger partial charge < -0.3 is 19.5 Å². The first-order valence-corrected chi connectivity index (χ1v) is 17.3. The van der Waals surface area contributed by atoms with E-state index in [1.165, 1.54) is 4.31 Å². The number of carbonyl (C=O) groups is 1. The van der Waals surface area contributed by atoms with E-state index in [2.05, 4.69) is 19.6 Å². The van der Waals surface area contributed by atoms with Gasteiger partial charge in [0, 0.05) is 25.3 Å². The van der Waals surface area contributed by atoms with Crippen LogP contribution in [0, 0.1) is 5.92 Å². The number of para-hydroxylation sites is 1. The van der Waals surface area contributed by atoms with Crippen molar-refractivity contribution in [2.75, 3.05) is 30.7 Å². The second-order valence-electron chi connectivity index (χ2n) is 11.5. The lowest BCUT2D eigenvalue weighted by molar-refractivity contribution is 0.0163. The van der Waals surface area contributed by atoms with Crippen molar-refractivity contribution in [2.24, 2.45) is 5.92 Å². The fourth-order valence-corrected chi connectivity index (χ4v) is 7.44. The van der Waals surface area contributed by atoms with Crippen LogP contribution in [-0.2, 0) is 19.5 Å². The Morgan fingerprint density at radius 2 is 1.76 bits per heavy atom. The maximum Gasteiger partial charge on any atom is 0.410 e. The van der Waals surface area contributed by atoms with Gasteiger partial charge in [-0.25, -0.2) is 17.5 Å². The number of piperidine rings is 1. The molecule has 2 heterocycles. The summed E-state index contributed by atoms with van der Waals surface area (Å²) >= 11 is 0. The summed E-state index contributed by atoms with van der Waals surface area (Å²) in [5.74, 6) is -0.281. The normalized spacial score (nSPS) is 23.5. The average molecular weight is 513 g/mol. The molecular formula is C24H40N2O6SSi-. The summed E-state index contributed by atoms with van der Waals surface area (Å²) in [4.78, 5) is 14.1. The number of aliphatic hydroxyl groups is 1. The van der Waals surface area contributed by atoms with Crippen LogP contribution in [0.3, 0.4) is 0 Å². The molecule has 1 saturated heterocycles. The van der Waals surface area contributed by atoms with E-state index in [1.54, 1.807) is 23.1 Å². The minimum atomic E-state index is -3.87. The van der Waals surface area contributed by atoms with E-state index in [0.29, 0.717) is 43.8 Å². The number of benzene rings is 1. The highest BCUT2D eigenvalue weighted by Gasteiger charge is 2.49. The summed E-state index contributed by atoms with van der Waals surface area (Å²) in [6.45, 7) is 13.4. The van der Waals surface area contributed by atoms with E-state index in [1.807, 2.05) is 26.8 Å². The van der Waals surface area contributed by atoms with Gasteiger partial charge in [0.25, 0.3) is 0 Å². The number of ether oxygens (including phenoxy) is 2. The van der Waals surface area contributed by atoms with Gasteiger partial charge in [-0.15, -0.1) is 14.1 Å². The van der Waals surface area contributed by atoms with Gasteiger partial charge >= 0.3 is 6.09 Å². The molecule has 0 spiro atoms. The van der Waals surface area contributed by atoms with Crippen LogP contribution in [0.15, 0.2) is 24.3 Å². The Labute approximate surface area is 205 Å². The van der Waals surface area contributed by atoms with Crippen LogP contribution in [0.5, 0.6) is 0 Å². The Balaban J connectivity index is 1.77. The van der Waals surface area contributed by atoms with Gasteiger partial charge in [-0.05, 0) is 45.6 Å². The molecule has 1 fully saturated rings. The summed E-state index contributed by atoms with van der Waals surface area (Å²) in [5.41, 5.74) is 0.493. The Morgan fingerprint density at radius 3 is 2.35 bits per heavy atom. The molecule has 2 atom stereocenters. The molecule has 2 aliphatic heterocycles. The summed E-state index contributed by atoms with van der Waals surface area (Å²) in [6, 6.07) is 8.03. The van der Waals surface area contributed by atoms with Crippen molar-refractivity contribution in [3.63, 3.8) is 0 Å². The van der Waals surface area contributed by atoms with Gasteiger partial charge in [0.1, 0.15) is 17.6 Å². The average Bonchev–Trinajstić information content (AvgIpc) is 2.71. The molecule has 0 radical (unpaired) electrons. The molecular weight excluding hydrogens is 472 g/mol. The number of fused-ring (bicyclic) bond motifs is 1. The Hall–Kier alpha value is -1.62. The number of hydrogen-bond donors (Lipinski definition) is 1. The van der Waals surface area contributed by atoms with Crippen LogP contribution in [0.1, 0.15) is 45.3 Å². The van der Waals surface area contributed by atoms with Gasteiger partial charge in [0.15, 0.2) is 0 Å². The third-order valence-corrected chi connectivity index (χ3v) is 10.3. The number of carbonyl (C=O) groups excluding carboxylic acids is 1. The van der Waals surface area contributed by atoms with Crippen LogP contribution in [0.4, 0.5) is 10.5 Å². The molecule has 1 N–H and O–H groups in total. The molecule has 1 aromatic rings. The van der Waals surface area contributed by atoms with Crippen molar-refractivity contribution >= 4 is 29.9 Å². The lowest BCUT2D eigenvalue weighted by atomic mass is 9.88. The first-order chi connectivity index (χ1) is 15.7. The molecule has 193 valence electrons. The summed E-state index contributed by atoms with van der Waals surface area (Å²) < 4.78 is 40.2. The number of anilines is 1. The van der Waals surface area contributed by atoms with Crippen LogP contribution >= 0.6 is 0 Å². The smallest absolute Gasteiger partial charge is 0.410 e. The minimum Gasteiger partial charge on any atom is -0.444 e. The van der Waals surface area contributed by atoms with Gasteiger partial charge in [0.05, 0.1) is 11.8 Å². The predicted octanol–water partition coefficient (Wildman–Crippen LogP) is 4.20. The van der Waals surface area contributed by atoms with Crippen molar-refractivity contribution in [2.45, 2.75) is 76.3 Å². The molecule has 0 bridgehead atoms. The fourth-order valence-electron chi connectivity index (χ4n) is 4.50. The molecule has 3 rings (SSSR count). The Bertz CT molecular complexity index is 964. The predicted molar refractivity (Wildman–Crippen MR) is 136 cm³/mol. The Morgan fingerprint density at radius 1 is 1.15 bits per heavy atom. The zero-order valence-corrected chi connectivity index (χ0v) is 23.1. The number of rotatable bonds is 6. The van der Waals surface area contributed by atoms with Crippen molar-refractivity contribution in [3.8, 4) is 0 Å². The highest BCUT2D eigenvalue weighted by Crippen LogP contribution is 2.44. The molecule has 0 aliphatic carbocycles. The lowest BCUT2D eigenvalue weighted by Gasteiger charge is -2.43. The van der Waals surface area contributed by atoms with E-state index in [0.717, 1.165) is 6.04 Å². The second-order valence-corrected chi connectivity index (χ2v) is 19.2. The molecule has 8 nitrogen and oxygen atoms in total. The SMILES string of the molecule is CC(C)(C)OC(=O)N1CCC(C2C(O)c3ccccc3N(COCC[Si-](C)(C)C)S2(=O)=O)CC1. The van der Waals surface area contributed by atoms with Crippen LogP contribution < -0.4 is 4.31 Å². The molecule has 2 unspecified atom stereocenters. The van der Waals surface area contributed by atoms with Crippen molar-refractivity contribution in [1.82, 2.24) is 4.90 Å². The van der Waals surface area contributed by atoms with E-state index in [4.69, 9.17) is 9.47 Å². The topological polar surface area (TPSA) is 96.4 Å². The van der Waals surface area contributed by atoms with Crippen molar-refractivity contribution in [1.29, 1.82) is 0 Å².